The molecule has 2 aromatic rings. The molecule has 0 aliphatic carbocycles. The molecule has 0 saturated carbocycles. The molecule has 0 saturated heterocycles. The van der Waals surface area contributed by atoms with Crippen LogP contribution in [0.2, 0.25) is 0 Å². The van der Waals surface area contributed by atoms with Crippen LogP contribution in [0.5, 0.6) is 0 Å². The molecule has 0 heterocycles. The van der Waals surface area contributed by atoms with E-state index in [-0.39, 0.29) is 11.8 Å². The summed E-state index contributed by atoms with van der Waals surface area (Å²) in [6.07, 6.45) is 3.11. The molecule has 2 N–H and O–H groups in total. The molecule has 0 aliphatic heterocycles. The number of alkyl carbamates (subject to hydrolysis) is 1. The first-order chi connectivity index (χ1) is 17.4. The molecule has 37 heavy (non-hydrogen) atoms. The van der Waals surface area contributed by atoms with Crippen molar-refractivity contribution in [3.8, 4) is 0 Å². The van der Waals surface area contributed by atoms with E-state index < -0.39 is 23.8 Å². The van der Waals surface area contributed by atoms with Crippen LogP contribution in [0.4, 0.5) is 10.5 Å². The summed E-state index contributed by atoms with van der Waals surface area (Å²) in [5.41, 5.74) is 2.71. The third-order valence-electron chi connectivity index (χ3n) is 6.00. The monoisotopic (exact) mass is 509 g/mol. The Labute approximate surface area is 222 Å². The summed E-state index contributed by atoms with van der Waals surface area (Å²) in [4.78, 5) is 41.6. The highest BCUT2D eigenvalue weighted by atomic mass is 16.6. The van der Waals surface area contributed by atoms with E-state index >= 15 is 0 Å². The van der Waals surface area contributed by atoms with Gasteiger partial charge in [0.25, 0.3) is 5.91 Å². The number of nitrogens with zero attached hydrogens (tertiary/aromatic N) is 1. The molecule has 202 valence electrons. The summed E-state index contributed by atoms with van der Waals surface area (Å²) in [5, 5.41) is 5.67. The Bertz CT molecular complexity index is 1040. The number of anilines is 1. The fourth-order valence-electron chi connectivity index (χ4n) is 4.01. The maximum absolute atomic E-state index is 13.8. The number of aryl methyl sites for hydroxylation is 2. The van der Waals surface area contributed by atoms with E-state index in [1.165, 1.54) is 0 Å². The molecular weight excluding hydrogens is 466 g/mol. The van der Waals surface area contributed by atoms with Gasteiger partial charge in [0.1, 0.15) is 17.7 Å². The number of para-hydroxylation sites is 1. The highest BCUT2D eigenvalue weighted by Crippen LogP contribution is 2.26. The van der Waals surface area contributed by atoms with Gasteiger partial charge in [-0.15, -0.1) is 0 Å². The lowest BCUT2D eigenvalue weighted by molar-refractivity contribution is -0.140. The van der Waals surface area contributed by atoms with E-state index in [1.807, 2.05) is 62.4 Å². The van der Waals surface area contributed by atoms with Crippen LogP contribution in [0.25, 0.3) is 0 Å². The molecule has 7 nitrogen and oxygen atoms in total. The summed E-state index contributed by atoms with van der Waals surface area (Å²) in [6, 6.07) is 13.5. The number of nitrogens with one attached hydrogen (secondary N) is 2. The summed E-state index contributed by atoms with van der Waals surface area (Å²) >= 11 is 0. The van der Waals surface area contributed by atoms with Crippen molar-refractivity contribution in [3.05, 3.63) is 65.2 Å². The van der Waals surface area contributed by atoms with Crippen LogP contribution in [0, 0.1) is 13.8 Å². The van der Waals surface area contributed by atoms with E-state index in [4.69, 9.17) is 4.74 Å². The van der Waals surface area contributed by atoms with Gasteiger partial charge < -0.3 is 20.3 Å². The van der Waals surface area contributed by atoms with Gasteiger partial charge in [0.05, 0.1) is 0 Å². The van der Waals surface area contributed by atoms with Gasteiger partial charge in [0, 0.05) is 12.2 Å². The zero-order chi connectivity index (χ0) is 27.6. The second kappa shape index (κ2) is 13.8. The molecule has 2 unspecified atom stereocenters. The van der Waals surface area contributed by atoms with Crippen LogP contribution >= 0.6 is 0 Å². The second-order valence-electron chi connectivity index (χ2n) is 10.6. The van der Waals surface area contributed by atoms with Crippen LogP contribution in [0.1, 0.15) is 83.0 Å². The van der Waals surface area contributed by atoms with Crippen molar-refractivity contribution in [2.24, 2.45) is 0 Å². The minimum atomic E-state index is -0.875. The molecule has 0 spiro atoms. The van der Waals surface area contributed by atoms with Gasteiger partial charge in [-0.05, 0) is 65.2 Å². The predicted molar refractivity (Wildman–Crippen MR) is 148 cm³/mol. The quantitative estimate of drug-likeness (QED) is 0.348. The number of carbonyl (C=O) groups excluding carboxylic acids is 3. The number of carbonyl (C=O) groups is 3. The first-order valence-electron chi connectivity index (χ1n) is 13.2. The lowest BCUT2D eigenvalue weighted by Gasteiger charge is -2.34. The van der Waals surface area contributed by atoms with Gasteiger partial charge in [-0.25, -0.2) is 4.79 Å². The van der Waals surface area contributed by atoms with Crippen LogP contribution in [0.3, 0.4) is 0 Å². The van der Waals surface area contributed by atoms with Gasteiger partial charge in [-0.2, -0.15) is 0 Å². The van der Waals surface area contributed by atoms with Crippen molar-refractivity contribution in [2.75, 3.05) is 11.9 Å². The zero-order valence-electron chi connectivity index (χ0n) is 23.4. The third kappa shape index (κ3) is 9.56. The van der Waals surface area contributed by atoms with Crippen LogP contribution in [0.15, 0.2) is 48.5 Å². The lowest BCUT2D eigenvalue weighted by Crippen LogP contribution is -2.51. The lowest BCUT2D eigenvalue weighted by atomic mass is 10.0. The molecule has 0 fully saturated rings. The number of benzene rings is 2. The molecule has 2 aromatic carbocycles. The summed E-state index contributed by atoms with van der Waals surface area (Å²) in [7, 11) is 0. The van der Waals surface area contributed by atoms with Crippen molar-refractivity contribution in [3.63, 3.8) is 0 Å². The Kier molecular flexibility index (Phi) is 11.2. The number of rotatable bonds is 11. The molecule has 0 aliphatic rings. The smallest absolute Gasteiger partial charge is 0.408 e. The molecular formula is C30H43N3O4. The first kappa shape index (κ1) is 29.9. The molecule has 3 amide bonds. The highest BCUT2D eigenvalue weighted by Gasteiger charge is 2.34. The Balaban J connectivity index is 2.42. The van der Waals surface area contributed by atoms with Crippen molar-refractivity contribution < 1.29 is 19.1 Å². The molecule has 0 radical (unpaired) electrons. The van der Waals surface area contributed by atoms with Crippen molar-refractivity contribution in [1.82, 2.24) is 10.2 Å². The number of hydrogen-bond acceptors (Lipinski definition) is 4. The number of ether oxygens (including phenoxy) is 1. The van der Waals surface area contributed by atoms with E-state index in [0.717, 1.165) is 36.8 Å². The van der Waals surface area contributed by atoms with Gasteiger partial charge in [0.2, 0.25) is 5.91 Å². The first-order valence-corrected chi connectivity index (χ1v) is 13.2. The SMILES string of the molecule is CCCCCCN(C(=O)C(C)NC(=O)OC(C)(C)C)C(C(=O)Nc1ccccc1C)c1ccc(C)cc1. The van der Waals surface area contributed by atoms with E-state index in [9.17, 15) is 14.4 Å². The normalized spacial score (nSPS) is 12.8. The van der Waals surface area contributed by atoms with Crippen molar-refractivity contribution in [1.29, 1.82) is 0 Å². The van der Waals surface area contributed by atoms with Crippen LogP contribution < -0.4 is 10.6 Å². The molecule has 0 aromatic heterocycles. The number of amides is 3. The molecule has 7 heteroatoms. The summed E-state index contributed by atoms with van der Waals surface area (Å²) < 4.78 is 5.35. The largest absolute Gasteiger partial charge is 0.444 e. The van der Waals surface area contributed by atoms with E-state index in [1.54, 1.807) is 32.6 Å². The maximum atomic E-state index is 13.8. The minimum Gasteiger partial charge on any atom is -0.444 e. The molecule has 2 rings (SSSR count). The maximum Gasteiger partial charge on any atom is 0.408 e. The average molecular weight is 510 g/mol. The van der Waals surface area contributed by atoms with Gasteiger partial charge in [-0.3, -0.25) is 9.59 Å². The van der Waals surface area contributed by atoms with Crippen molar-refractivity contribution in [2.45, 2.75) is 91.8 Å². The van der Waals surface area contributed by atoms with E-state index in [0.29, 0.717) is 17.8 Å². The number of unbranched alkanes of at least 4 members (excludes halogenated alkanes) is 3. The van der Waals surface area contributed by atoms with E-state index in [2.05, 4.69) is 17.6 Å². The Hall–Kier alpha value is -3.35. The summed E-state index contributed by atoms with van der Waals surface area (Å²) in [6.45, 7) is 13.3. The second-order valence-corrected chi connectivity index (χ2v) is 10.6. The van der Waals surface area contributed by atoms with Gasteiger partial charge >= 0.3 is 6.09 Å². The van der Waals surface area contributed by atoms with Gasteiger partial charge in [-0.1, -0.05) is 74.2 Å². The Morgan fingerprint density at radius 3 is 2.19 bits per heavy atom. The Morgan fingerprint density at radius 1 is 0.946 bits per heavy atom. The molecule has 0 bridgehead atoms. The van der Waals surface area contributed by atoms with Crippen LogP contribution in [-0.2, 0) is 14.3 Å². The fraction of sp³-hybridized carbons (Fsp3) is 0.500. The average Bonchev–Trinajstić information content (AvgIpc) is 2.81. The topological polar surface area (TPSA) is 87.7 Å². The zero-order valence-corrected chi connectivity index (χ0v) is 23.4. The highest BCUT2D eigenvalue weighted by molar-refractivity contribution is 5.99. The third-order valence-corrected chi connectivity index (χ3v) is 6.00. The standard InChI is InChI=1S/C30H43N3O4/c1-8-9-10-13-20-33(28(35)23(4)31-29(36)37-30(5,6)7)26(24-18-16-21(2)17-19-24)27(34)32-25-15-12-11-14-22(25)3/h11-12,14-19,23,26H,8-10,13,20H2,1-7H3,(H,31,36)(H,32,34). The van der Waals surface area contributed by atoms with Crippen molar-refractivity contribution >= 4 is 23.6 Å². The summed E-state index contributed by atoms with van der Waals surface area (Å²) in [5.74, 6) is -0.640. The number of hydrogen-bond donors (Lipinski definition) is 2. The van der Waals surface area contributed by atoms with Gasteiger partial charge in [0.15, 0.2) is 0 Å². The minimum absolute atomic E-state index is 0.300. The predicted octanol–water partition coefficient (Wildman–Crippen LogP) is 6.31. The molecule has 2 atom stereocenters. The van der Waals surface area contributed by atoms with Crippen LogP contribution in [-0.4, -0.2) is 41.0 Å². The Morgan fingerprint density at radius 2 is 1.59 bits per heavy atom. The fourth-order valence-corrected chi connectivity index (χ4v) is 4.01.